The van der Waals surface area contributed by atoms with Crippen LogP contribution >= 0.6 is 11.3 Å². The van der Waals surface area contributed by atoms with Crippen molar-refractivity contribution in [3.05, 3.63) is 77.2 Å². The number of hydrogen-bond donors (Lipinski definition) is 0. The van der Waals surface area contributed by atoms with Gasteiger partial charge in [0.05, 0.1) is 34.5 Å². The topological polar surface area (TPSA) is 113 Å². The van der Waals surface area contributed by atoms with Crippen LogP contribution in [0.1, 0.15) is 34.2 Å². The molecule has 40 heavy (non-hydrogen) atoms. The number of piperazine rings is 1. The molecule has 10 nitrogen and oxygen atoms in total. The Balaban J connectivity index is 1.37. The Morgan fingerprint density at radius 2 is 1.75 bits per heavy atom. The molecule has 0 N–H and O–H groups in total. The molecule has 0 unspecified atom stereocenters. The summed E-state index contributed by atoms with van der Waals surface area (Å²) in [6.07, 6.45) is 1.11. The molecule has 1 fully saturated rings. The predicted octanol–water partition coefficient (Wildman–Crippen LogP) is 4.82. The zero-order valence-corrected chi connectivity index (χ0v) is 24.1. The number of hydrogen-bond acceptors (Lipinski definition) is 8. The van der Waals surface area contributed by atoms with Gasteiger partial charge in [-0.1, -0.05) is 11.3 Å². The van der Waals surface area contributed by atoms with Gasteiger partial charge in [0.2, 0.25) is 10.0 Å². The Hall–Kier alpha value is -3.74. The summed E-state index contributed by atoms with van der Waals surface area (Å²) in [5.41, 5.74) is 3.40. The first-order chi connectivity index (χ1) is 19.2. The van der Waals surface area contributed by atoms with Gasteiger partial charge in [0, 0.05) is 31.7 Å². The zero-order valence-electron chi connectivity index (χ0n) is 22.5. The number of carbonyl (C=O) groups excluding carboxylic acids is 2. The fraction of sp³-hybridized carbons (Fsp3) is 0.321. The molecular weight excluding hydrogens is 552 g/mol. The molecule has 1 aliphatic rings. The van der Waals surface area contributed by atoms with E-state index in [4.69, 9.17) is 14.1 Å². The molecular formula is C28H30N4O6S2. The van der Waals surface area contributed by atoms with Crippen LogP contribution in [0.5, 0.6) is 0 Å². The first kappa shape index (κ1) is 27.8. The number of benzene rings is 2. The van der Waals surface area contributed by atoms with Gasteiger partial charge in [-0.3, -0.25) is 9.69 Å². The normalized spacial score (nSPS) is 14.4. The highest BCUT2D eigenvalue weighted by atomic mass is 32.2. The third-order valence-corrected chi connectivity index (χ3v) is 9.82. The molecule has 4 aromatic rings. The second-order valence-corrected chi connectivity index (χ2v) is 12.4. The Labute approximate surface area is 236 Å². The lowest BCUT2D eigenvalue weighted by atomic mass is 10.1. The molecule has 12 heteroatoms. The standard InChI is InChI=1S/C28H30N4O6S2/c1-4-37-28(34)30-11-13-31(14-12-30)40(35,36)23-9-7-21(8-10-23)26(33)32(18-22-6-5-15-38-22)27-29-24-16-19(2)20(3)17-25(24)39-27/h5-10,15-17H,4,11-14,18H2,1-3H3. The van der Waals surface area contributed by atoms with Gasteiger partial charge >= 0.3 is 6.09 Å². The number of furan rings is 1. The van der Waals surface area contributed by atoms with Crippen LogP contribution in [0, 0.1) is 13.8 Å². The summed E-state index contributed by atoms with van der Waals surface area (Å²) >= 11 is 1.42. The van der Waals surface area contributed by atoms with Crippen molar-refractivity contribution >= 4 is 48.7 Å². The third-order valence-electron chi connectivity index (χ3n) is 6.87. The number of sulfonamides is 1. The largest absolute Gasteiger partial charge is 0.467 e. The number of thiazole rings is 1. The molecule has 0 radical (unpaired) electrons. The lowest BCUT2D eigenvalue weighted by Crippen LogP contribution is -2.50. The van der Waals surface area contributed by atoms with E-state index in [9.17, 15) is 18.0 Å². The summed E-state index contributed by atoms with van der Waals surface area (Å²) in [6, 6.07) is 13.5. The van der Waals surface area contributed by atoms with Gasteiger partial charge in [-0.2, -0.15) is 4.31 Å². The molecule has 3 heterocycles. The van der Waals surface area contributed by atoms with E-state index in [2.05, 4.69) is 6.07 Å². The molecule has 0 spiro atoms. The third kappa shape index (κ3) is 5.60. The van der Waals surface area contributed by atoms with Crippen molar-refractivity contribution in [1.29, 1.82) is 0 Å². The molecule has 0 bridgehead atoms. The van der Waals surface area contributed by atoms with Crippen molar-refractivity contribution in [3.8, 4) is 0 Å². The van der Waals surface area contributed by atoms with Crippen LogP contribution in [-0.4, -0.2) is 67.4 Å². The van der Waals surface area contributed by atoms with Gasteiger partial charge in [-0.15, -0.1) is 0 Å². The Morgan fingerprint density at radius 3 is 2.40 bits per heavy atom. The second-order valence-electron chi connectivity index (χ2n) is 9.49. The lowest BCUT2D eigenvalue weighted by Gasteiger charge is -2.33. The van der Waals surface area contributed by atoms with E-state index in [0.29, 0.717) is 16.5 Å². The highest BCUT2D eigenvalue weighted by Crippen LogP contribution is 2.33. The molecule has 5 rings (SSSR count). The van der Waals surface area contributed by atoms with Gasteiger partial charge in [-0.25, -0.2) is 18.2 Å². The molecule has 2 aromatic heterocycles. The molecule has 2 amide bonds. The minimum atomic E-state index is -3.80. The van der Waals surface area contributed by atoms with Gasteiger partial charge in [-0.05, 0) is 80.4 Å². The maximum absolute atomic E-state index is 13.7. The van der Waals surface area contributed by atoms with Crippen LogP contribution in [-0.2, 0) is 21.3 Å². The van der Waals surface area contributed by atoms with E-state index in [1.54, 1.807) is 30.2 Å². The number of carbonyl (C=O) groups is 2. The number of ether oxygens (including phenoxy) is 1. The zero-order chi connectivity index (χ0) is 28.4. The number of aryl methyl sites for hydroxylation is 2. The van der Waals surface area contributed by atoms with Gasteiger partial charge in [0.1, 0.15) is 5.76 Å². The summed E-state index contributed by atoms with van der Waals surface area (Å²) in [5, 5.41) is 0.526. The molecule has 1 aliphatic heterocycles. The Bertz CT molecular complexity index is 1580. The second kappa shape index (κ2) is 11.4. The Morgan fingerprint density at radius 1 is 1.05 bits per heavy atom. The predicted molar refractivity (Wildman–Crippen MR) is 152 cm³/mol. The molecule has 0 saturated carbocycles. The van der Waals surface area contributed by atoms with Crippen LogP contribution in [0.3, 0.4) is 0 Å². The number of anilines is 1. The fourth-order valence-electron chi connectivity index (χ4n) is 4.47. The van der Waals surface area contributed by atoms with Crippen LogP contribution < -0.4 is 4.90 Å². The smallest absolute Gasteiger partial charge is 0.409 e. The van der Waals surface area contributed by atoms with E-state index < -0.39 is 16.1 Å². The molecule has 210 valence electrons. The first-order valence-corrected chi connectivity index (χ1v) is 15.2. The maximum Gasteiger partial charge on any atom is 0.409 e. The average molecular weight is 583 g/mol. The highest BCUT2D eigenvalue weighted by Gasteiger charge is 2.31. The molecule has 0 aliphatic carbocycles. The fourth-order valence-corrected chi connectivity index (χ4v) is 6.93. The SMILES string of the molecule is CCOC(=O)N1CCN(S(=O)(=O)c2ccc(C(=O)N(Cc3ccco3)c3nc4cc(C)c(C)cc4s3)cc2)CC1. The molecule has 2 aromatic carbocycles. The average Bonchev–Trinajstić information content (AvgIpc) is 3.61. The minimum absolute atomic E-state index is 0.0807. The summed E-state index contributed by atoms with van der Waals surface area (Å²) in [5.74, 6) is 0.275. The summed E-state index contributed by atoms with van der Waals surface area (Å²) < 4.78 is 39.4. The Kier molecular flexibility index (Phi) is 7.92. The van der Waals surface area contributed by atoms with Gasteiger partial charge in [0.25, 0.3) is 5.91 Å². The van der Waals surface area contributed by atoms with Crippen molar-refractivity contribution in [3.63, 3.8) is 0 Å². The van der Waals surface area contributed by atoms with Gasteiger partial charge < -0.3 is 14.1 Å². The highest BCUT2D eigenvalue weighted by molar-refractivity contribution is 7.89. The summed E-state index contributed by atoms with van der Waals surface area (Å²) in [4.78, 5) is 33.6. The monoisotopic (exact) mass is 582 g/mol. The van der Waals surface area contributed by atoms with Crippen molar-refractivity contribution in [2.24, 2.45) is 0 Å². The number of rotatable bonds is 7. The van der Waals surface area contributed by atoms with Crippen molar-refractivity contribution in [1.82, 2.24) is 14.2 Å². The van der Waals surface area contributed by atoms with E-state index in [0.717, 1.165) is 21.3 Å². The number of fused-ring (bicyclic) bond motifs is 1. The lowest BCUT2D eigenvalue weighted by molar-refractivity contribution is 0.0933. The van der Waals surface area contributed by atoms with Crippen LogP contribution in [0.4, 0.5) is 9.93 Å². The van der Waals surface area contributed by atoms with Crippen LogP contribution in [0.2, 0.25) is 0 Å². The van der Waals surface area contributed by atoms with Crippen molar-refractivity contribution < 1.29 is 27.2 Å². The maximum atomic E-state index is 13.7. The van der Waals surface area contributed by atoms with Crippen LogP contribution in [0.25, 0.3) is 10.2 Å². The summed E-state index contributed by atoms with van der Waals surface area (Å²) in [7, 11) is -3.80. The van der Waals surface area contributed by atoms with Crippen LogP contribution in [0.15, 0.2) is 64.1 Å². The van der Waals surface area contributed by atoms with Gasteiger partial charge in [0.15, 0.2) is 5.13 Å². The van der Waals surface area contributed by atoms with E-state index in [1.165, 1.54) is 44.8 Å². The van der Waals surface area contributed by atoms with E-state index in [1.807, 2.05) is 19.9 Å². The summed E-state index contributed by atoms with van der Waals surface area (Å²) in [6.45, 7) is 7.04. The van der Waals surface area contributed by atoms with Crippen molar-refractivity contribution in [2.45, 2.75) is 32.2 Å². The van der Waals surface area contributed by atoms with Crippen molar-refractivity contribution in [2.75, 3.05) is 37.7 Å². The number of amides is 2. The first-order valence-electron chi connectivity index (χ1n) is 12.9. The van der Waals surface area contributed by atoms with E-state index >= 15 is 0 Å². The number of aromatic nitrogens is 1. The number of nitrogens with zero attached hydrogens (tertiary/aromatic N) is 4. The molecule has 1 saturated heterocycles. The quantitative estimate of drug-likeness (QED) is 0.307. The van der Waals surface area contributed by atoms with E-state index in [-0.39, 0.29) is 50.1 Å². The minimum Gasteiger partial charge on any atom is -0.467 e. The molecule has 0 atom stereocenters.